The Bertz CT molecular complexity index is 1540. The first-order valence-corrected chi connectivity index (χ1v) is 12.9. The molecule has 1 heterocycles. The molecule has 11 heteroatoms. The van der Waals surface area contributed by atoms with Crippen LogP contribution < -0.4 is 26.4 Å². The number of nitrogens with two attached hydrogens (primary N) is 1. The van der Waals surface area contributed by atoms with Gasteiger partial charge in [0.05, 0.1) is 13.7 Å². The molecule has 214 valence electrons. The second-order valence-electron chi connectivity index (χ2n) is 9.79. The van der Waals surface area contributed by atoms with Gasteiger partial charge in [-0.25, -0.2) is 9.18 Å². The number of urea groups is 1. The number of rotatable bonds is 9. The molecule has 10 nitrogen and oxygen atoms in total. The first-order valence-electron chi connectivity index (χ1n) is 12.9. The monoisotopic (exact) mass is 561 g/mol. The molecule has 0 spiro atoms. The molecule has 0 aromatic heterocycles. The van der Waals surface area contributed by atoms with Crippen LogP contribution in [0.1, 0.15) is 16.7 Å². The van der Waals surface area contributed by atoms with Crippen LogP contribution in [0.5, 0.6) is 5.75 Å². The number of hydrogen-bond donors (Lipinski definition) is 4. The van der Waals surface area contributed by atoms with Crippen LogP contribution in [0, 0.1) is 25.6 Å². The number of benzene rings is 3. The van der Waals surface area contributed by atoms with Gasteiger partial charge in [0.1, 0.15) is 17.5 Å². The number of halogens is 1. The Kier molecular flexibility index (Phi) is 8.68. The van der Waals surface area contributed by atoms with Crippen LogP contribution in [0.2, 0.25) is 0 Å². The molecule has 1 aliphatic rings. The predicted octanol–water partition coefficient (Wildman–Crippen LogP) is 3.10. The maximum absolute atomic E-state index is 15.2. The van der Waals surface area contributed by atoms with Gasteiger partial charge in [0, 0.05) is 31.4 Å². The standard InChI is InChI=1S/C30H32FN5O5/c1-16-19(18-11-24(31)22(26(12-18)41-4)13-33-15-27(32)37)7-5-8-20(16)21-9-6-10-25(17(21)2)35-28(38)23-14-34-30(40)36(3)29(23)39/h5-12,23,33H,13-15H2,1-4H3,(H2,32,37)(H,34,40)(H,35,38). The highest BCUT2D eigenvalue weighted by atomic mass is 19.1. The number of ether oxygens (including phenoxy) is 1. The Labute approximate surface area is 237 Å². The molecule has 1 atom stereocenters. The van der Waals surface area contributed by atoms with E-state index in [-0.39, 0.29) is 25.2 Å². The third-order valence-electron chi connectivity index (χ3n) is 7.21. The van der Waals surface area contributed by atoms with E-state index in [1.54, 1.807) is 18.2 Å². The van der Waals surface area contributed by atoms with E-state index in [1.807, 2.05) is 38.1 Å². The van der Waals surface area contributed by atoms with Gasteiger partial charge in [-0.15, -0.1) is 0 Å². The van der Waals surface area contributed by atoms with Crippen molar-refractivity contribution in [2.75, 3.05) is 32.6 Å². The molecule has 5 N–H and O–H groups in total. The van der Waals surface area contributed by atoms with Crippen LogP contribution in [0.15, 0.2) is 48.5 Å². The zero-order valence-corrected chi connectivity index (χ0v) is 23.3. The van der Waals surface area contributed by atoms with Crippen LogP contribution >= 0.6 is 0 Å². The highest BCUT2D eigenvalue weighted by Gasteiger charge is 2.36. The summed E-state index contributed by atoms with van der Waals surface area (Å²) < 4.78 is 20.7. The van der Waals surface area contributed by atoms with Crippen LogP contribution in [0.25, 0.3) is 22.3 Å². The minimum absolute atomic E-state index is 0.0735. The molecule has 0 bridgehead atoms. The van der Waals surface area contributed by atoms with Gasteiger partial charge in [0.25, 0.3) is 0 Å². The lowest BCUT2D eigenvalue weighted by atomic mass is 9.90. The molecule has 41 heavy (non-hydrogen) atoms. The van der Waals surface area contributed by atoms with Crippen molar-refractivity contribution in [2.45, 2.75) is 20.4 Å². The minimum atomic E-state index is -1.04. The SMILES string of the molecule is COc1cc(-c2cccc(-c3cccc(NC(=O)C4CNC(=O)N(C)C4=O)c3C)c2C)cc(F)c1CNCC(N)=O. The first-order chi connectivity index (χ1) is 19.5. The maximum atomic E-state index is 15.2. The van der Waals surface area contributed by atoms with Crippen LogP contribution in [0.4, 0.5) is 14.9 Å². The number of imide groups is 1. The molecule has 4 rings (SSSR count). The van der Waals surface area contributed by atoms with Crippen LogP contribution in [-0.2, 0) is 20.9 Å². The highest BCUT2D eigenvalue weighted by molar-refractivity contribution is 6.12. The fourth-order valence-corrected chi connectivity index (χ4v) is 4.89. The number of primary amides is 1. The smallest absolute Gasteiger partial charge is 0.323 e. The Morgan fingerprint density at radius 1 is 1.07 bits per heavy atom. The minimum Gasteiger partial charge on any atom is -0.496 e. The van der Waals surface area contributed by atoms with E-state index >= 15 is 4.39 Å². The molecule has 0 radical (unpaired) electrons. The maximum Gasteiger partial charge on any atom is 0.323 e. The number of carbonyl (C=O) groups excluding carboxylic acids is 4. The van der Waals surface area contributed by atoms with Crippen LogP contribution in [0.3, 0.4) is 0 Å². The summed E-state index contributed by atoms with van der Waals surface area (Å²) in [7, 11) is 2.78. The van der Waals surface area contributed by atoms with E-state index in [2.05, 4.69) is 16.0 Å². The van der Waals surface area contributed by atoms with Crippen molar-refractivity contribution in [1.82, 2.24) is 15.5 Å². The lowest BCUT2D eigenvalue weighted by Gasteiger charge is -2.28. The van der Waals surface area contributed by atoms with Crippen molar-refractivity contribution in [3.63, 3.8) is 0 Å². The zero-order chi connectivity index (χ0) is 29.8. The molecule has 3 aromatic rings. The average Bonchev–Trinajstić information content (AvgIpc) is 2.93. The van der Waals surface area contributed by atoms with E-state index < -0.39 is 35.5 Å². The average molecular weight is 562 g/mol. The van der Waals surface area contributed by atoms with E-state index in [1.165, 1.54) is 20.2 Å². The summed E-state index contributed by atoms with van der Waals surface area (Å²) in [4.78, 5) is 49.1. The normalized spacial score (nSPS) is 15.0. The largest absolute Gasteiger partial charge is 0.496 e. The quantitative estimate of drug-likeness (QED) is 0.296. The van der Waals surface area contributed by atoms with Gasteiger partial charge < -0.3 is 26.4 Å². The Morgan fingerprint density at radius 2 is 1.73 bits per heavy atom. The summed E-state index contributed by atoms with van der Waals surface area (Å²) in [6.07, 6.45) is 0. The summed E-state index contributed by atoms with van der Waals surface area (Å²) in [6, 6.07) is 13.8. The summed E-state index contributed by atoms with van der Waals surface area (Å²) >= 11 is 0. The molecule has 1 unspecified atom stereocenters. The third kappa shape index (κ3) is 6.04. The van der Waals surface area contributed by atoms with Gasteiger partial charge >= 0.3 is 6.03 Å². The summed E-state index contributed by atoms with van der Waals surface area (Å²) in [5.41, 5.74) is 10.8. The topological polar surface area (TPSA) is 143 Å². The number of nitrogens with one attached hydrogen (secondary N) is 3. The number of anilines is 1. The van der Waals surface area contributed by atoms with Crippen molar-refractivity contribution in [3.05, 3.63) is 71.0 Å². The Morgan fingerprint density at radius 3 is 2.41 bits per heavy atom. The number of amides is 5. The van der Waals surface area contributed by atoms with Gasteiger partial charge in [-0.3, -0.25) is 19.3 Å². The van der Waals surface area contributed by atoms with Gasteiger partial charge in [-0.05, 0) is 65.4 Å². The number of carbonyl (C=O) groups is 4. The van der Waals surface area contributed by atoms with Gasteiger partial charge in [-0.2, -0.15) is 0 Å². The summed E-state index contributed by atoms with van der Waals surface area (Å²) in [5, 5.41) is 8.18. The number of methoxy groups -OCH3 is 1. The molecule has 5 amide bonds. The van der Waals surface area contributed by atoms with Gasteiger partial charge in [-0.1, -0.05) is 30.3 Å². The molecular formula is C30H32FN5O5. The fraction of sp³-hybridized carbons (Fsp3) is 0.267. The highest BCUT2D eigenvalue weighted by Crippen LogP contribution is 2.37. The van der Waals surface area contributed by atoms with Gasteiger partial charge in [0.2, 0.25) is 17.7 Å². The third-order valence-corrected chi connectivity index (χ3v) is 7.21. The lowest BCUT2D eigenvalue weighted by Crippen LogP contribution is -2.56. The predicted molar refractivity (Wildman–Crippen MR) is 152 cm³/mol. The molecule has 1 fully saturated rings. The Balaban J connectivity index is 1.65. The molecule has 0 saturated carbocycles. The van der Waals surface area contributed by atoms with Crippen LogP contribution in [-0.4, -0.2) is 55.9 Å². The molecule has 1 saturated heterocycles. The van der Waals surface area contributed by atoms with Crippen molar-refractivity contribution in [1.29, 1.82) is 0 Å². The fourth-order valence-electron chi connectivity index (χ4n) is 4.89. The van der Waals surface area contributed by atoms with Crippen molar-refractivity contribution >= 4 is 29.4 Å². The number of hydrogen-bond acceptors (Lipinski definition) is 6. The molecule has 3 aromatic carbocycles. The lowest BCUT2D eigenvalue weighted by molar-refractivity contribution is -0.138. The van der Waals surface area contributed by atoms with Gasteiger partial charge in [0.15, 0.2) is 0 Å². The number of nitrogens with zero attached hydrogens (tertiary/aromatic N) is 1. The van der Waals surface area contributed by atoms with E-state index in [0.29, 0.717) is 17.0 Å². The Hall–Kier alpha value is -4.77. The van der Waals surface area contributed by atoms with Crippen molar-refractivity contribution < 1.29 is 28.3 Å². The van der Waals surface area contributed by atoms with E-state index in [9.17, 15) is 19.2 Å². The van der Waals surface area contributed by atoms with Crippen molar-refractivity contribution in [2.24, 2.45) is 11.7 Å². The molecule has 0 aliphatic carbocycles. The summed E-state index contributed by atoms with van der Waals surface area (Å²) in [6.45, 7) is 3.71. The molecule has 1 aliphatic heterocycles. The molecular weight excluding hydrogens is 529 g/mol. The second-order valence-corrected chi connectivity index (χ2v) is 9.79. The first kappa shape index (κ1) is 29.2. The van der Waals surface area contributed by atoms with E-state index in [4.69, 9.17) is 10.5 Å². The zero-order valence-electron chi connectivity index (χ0n) is 23.3. The second kappa shape index (κ2) is 12.2. The summed E-state index contributed by atoms with van der Waals surface area (Å²) in [5.74, 6) is -2.81. The van der Waals surface area contributed by atoms with Crippen molar-refractivity contribution in [3.8, 4) is 28.0 Å². The van der Waals surface area contributed by atoms with E-state index in [0.717, 1.165) is 32.7 Å².